The first-order valence-corrected chi connectivity index (χ1v) is 10.1. The summed E-state index contributed by atoms with van der Waals surface area (Å²) in [6.07, 6.45) is 0. The normalized spacial score (nSPS) is 11.5. The van der Waals surface area contributed by atoms with Crippen molar-refractivity contribution in [3.8, 4) is 0 Å². The number of rotatable bonds is 4. The van der Waals surface area contributed by atoms with E-state index in [0.717, 1.165) is 10.1 Å². The standard InChI is InChI=1S/C16H12Cl2N2O3S2/c1-19-16(21)14-8-24-15-7-11(2-3-13(14)15)20-25(22,23)12-5-9(17)4-10(18)6-12/h2-8,20H,1H3,(H,19,21). The van der Waals surface area contributed by atoms with Gasteiger partial charge in [-0.2, -0.15) is 0 Å². The summed E-state index contributed by atoms with van der Waals surface area (Å²) < 4.78 is 28.3. The number of hydrogen-bond donors (Lipinski definition) is 2. The summed E-state index contributed by atoms with van der Waals surface area (Å²) >= 11 is 13.1. The molecule has 25 heavy (non-hydrogen) atoms. The highest BCUT2D eigenvalue weighted by Crippen LogP contribution is 2.30. The number of carbonyl (C=O) groups is 1. The smallest absolute Gasteiger partial charge is 0.261 e. The Kier molecular flexibility index (Phi) is 4.92. The van der Waals surface area contributed by atoms with E-state index in [1.54, 1.807) is 30.6 Å². The number of benzene rings is 2. The minimum absolute atomic E-state index is 0.0256. The minimum Gasteiger partial charge on any atom is -0.355 e. The van der Waals surface area contributed by atoms with Gasteiger partial charge in [-0.25, -0.2) is 8.42 Å². The number of halogens is 2. The van der Waals surface area contributed by atoms with Crippen molar-refractivity contribution in [1.29, 1.82) is 0 Å². The van der Waals surface area contributed by atoms with Crippen LogP contribution in [0.25, 0.3) is 10.1 Å². The number of anilines is 1. The van der Waals surface area contributed by atoms with Gasteiger partial charge in [-0.1, -0.05) is 29.3 Å². The molecule has 0 aliphatic carbocycles. The number of carbonyl (C=O) groups excluding carboxylic acids is 1. The third-order valence-electron chi connectivity index (χ3n) is 3.45. The van der Waals surface area contributed by atoms with Crippen LogP contribution in [-0.2, 0) is 10.0 Å². The highest BCUT2D eigenvalue weighted by molar-refractivity contribution is 7.92. The minimum atomic E-state index is -3.83. The van der Waals surface area contributed by atoms with Gasteiger partial charge in [0, 0.05) is 32.6 Å². The molecule has 2 N–H and O–H groups in total. The molecule has 0 aliphatic rings. The van der Waals surface area contributed by atoms with Crippen molar-refractivity contribution in [2.75, 3.05) is 11.8 Å². The van der Waals surface area contributed by atoms with Gasteiger partial charge in [0.25, 0.3) is 15.9 Å². The highest BCUT2D eigenvalue weighted by atomic mass is 35.5. The molecule has 0 saturated heterocycles. The van der Waals surface area contributed by atoms with E-state index in [1.165, 1.54) is 29.5 Å². The summed E-state index contributed by atoms with van der Waals surface area (Å²) in [4.78, 5) is 11.8. The van der Waals surface area contributed by atoms with Crippen LogP contribution in [0.3, 0.4) is 0 Å². The fourth-order valence-corrected chi connectivity index (χ4v) is 5.05. The van der Waals surface area contributed by atoms with Crippen molar-refractivity contribution in [1.82, 2.24) is 5.32 Å². The van der Waals surface area contributed by atoms with Gasteiger partial charge in [-0.15, -0.1) is 11.3 Å². The topological polar surface area (TPSA) is 75.3 Å². The molecular formula is C16H12Cl2N2O3S2. The molecule has 0 unspecified atom stereocenters. The molecule has 2 aromatic carbocycles. The number of amides is 1. The molecular weight excluding hydrogens is 403 g/mol. The quantitative estimate of drug-likeness (QED) is 0.665. The fourth-order valence-electron chi connectivity index (χ4n) is 2.30. The zero-order chi connectivity index (χ0) is 18.2. The van der Waals surface area contributed by atoms with Gasteiger partial charge >= 0.3 is 0 Å². The largest absolute Gasteiger partial charge is 0.355 e. The third-order valence-corrected chi connectivity index (χ3v) is 6.19. The van der Waals surface area contributed by atoms with Crippen LogP contribution in [0.2, 0.25) is 10.0 Å². The van der Waals surface area contributed by atoms with E-state index in [-0.39, 0.29) is 20.8 Å². The summed E-state index contributed by atoms with van der Waals surface area (Å²) in [5.74, 6) is -0.187. The van der Waals surface area contributed by atoms with Gasteiger partial charge in [0.15, 0.2) is 0 Å². The van der Waals surface area contributed by atoms with E-state index in [0.29, 0.717) is 11.3 Å². The summed E-state index contributed by atoms with van der Waals surface area (Å²) in [6.45, 7) is 0. The number of nitrogens with one attached hydrogen (secondary N) is 2. The molecule has 0 fully saturated rings. The third kappa shape index (κ3) is 3.74. The van der Waals surface area contributed by atoms with Gasteiger partial charge in [-0.3, -0.25) is 9.52 Å². The van der Waals surface area contributed by atoms with E-state index in [9.17, 15) is 13.2 Å². The zero-order valence-electron chi connectivity index (χ0n) is 12.8. The second-order valence-electron chi connectivity index (χ2n) is 5.15. The van der Waals surface area contributed by atoms with Crippen LogP contribution >= 0.6 is 34.5 Å². The Morgan fingerprint density at radius 3 is 2.40 bits per heavy atom. The number of fused-ring (bicyclic) bond motifs is 1. The SMILES string of the molecule is CNC(=O)c1csc2cc(NS(=O)(=O)c3cc(Cl)cc(Cl)c3)ccc12. The Morgan fingerprint density at radius 2 is 1.76 bits per heavy atom. The van der Waals surface area contributed by atoms with Crippen molar-refractivity contribution in [2.24, 2.45) is 0 Å². The lowest BCUT2D eigenvalue weighted by Crippen LogP contribution is -2.17. The van der Waals surface area contributed by atoms with Crippen molar-refractivity contribution < 1.29 is 13.2 Å². The van der Waals surface area contributed by atoms with Crippen LogP contribution in [0.5, 0.6) is 0 Å². The molecule has 5 nitrogen and oxygen atoms in total. The Balaban J connectivity index is 1.96. The first kappa shape index (κ1) is 18.0. The average molecular weight is 415 g/mol. The molecule has 3 rings (SSSR count). The van der Waals surface area contributed by atoms with Crippen LogP contribution in [0.4, 0.5) is 5.69 Å². The van der Waals surface area contributed by atoms with Crippen LogP contribution in [0.1, 0.15) is 10.4 Å². The molecule has 0 spiro atoms. The van der Waals surface area contributed by atoms with Gasteiger partial charge < -0.3 is 5.32 Å². The monoisotopic (exact) mass is 414 g/mol. The van der Waals surface area contributed by atoms with Crippen LogP contribution in [0, 0.1) is 0 Å². The molecule has 0 bridgehead atoms. The van der Waals surface area contributed by atoms with Crippen LogP contribution in [0.15, 0.2) is 46.7 Å². The number of thiophene rings is 1. The summed E-state index contributed by atoms with van der Waals surface area (Å²) in [5, 5.41) is 5.54. The number of hydrogen-bond acceptors (Lipinski definition) is 4. The summed E-state index contributed by atoms with van der Waals surface area (Å²) in [7, 11) is -2.27. The van der Waals surface area contributed by atoms with Crippen molar-refractivity contribution in [3.05, 3.63) is 57.4 Å². The Hall–Kier alpha value is -1.80. The van der Waals surface area contributed by atoms with Gasteiger partial charge in [0.2, 0.25) is 0 Å². The molecule has 0 atom stereocenters. The molecule has 9 heteroatoms. The average Bonchev–Trinajstić information content (AvgIpc) is 2.96. The van der Waals surface area contributed by atoms with Gasteiger partial charge in [-0.05, 0) is 30.3 Å². The van der Waals surface area contributed by atoms with Crippen molar-refractivity contribution >= 4 is 66.2 Å². The lowest BCUT2D eigenvalue weighted by molar-refractivity contribution is 0.0965. The molecule has 130 valence electrons. The van der Waals surface area contributed by atoms with Crippen LogP contribution in [-0.4, -0.2) is 21.4 Å². The molecule has 0 aliphatic heterocycles. The van der Waals surface area contributed by atoms with E-state index in [4.69, 9.17) is 23.2 Å². The highest BCUT2D eigenvalue weighted by Gasteiger charge is 2.17. The van der Waals surface area contributed by atoms with E-state index >= 15 is 0 Å². The van der Waals surface area contributed by atoms with Crippen molar-refractivity contribution in [2.45, 2.75) is 4.90 Å². The fraction of sp³-hybridized carbons (Fsp3) is 0.0625. The Labute approximate surface area is 158 Å². The molecule has 0 saturated carbocycles. The van der Waals surface area contributed by atoms with E-state index in [1.807, 2.05) is 0 Å². The predicted molar refractivity (Wildman–Crippen MR) is 102 cm³/mol. The van der Waals surface area contributed by atoms with Crippen LogP contribution < -0.4 is 10.0 Å². The molecule has 1 aromatic heterocycles. The lowest BCUT2D eigenvalue weighted by Gasteiger charge is -2.09. The maximum atomic E-state index is 12.5. The summed E-state index contributed by atoms with van der Waals surface area (Å²) in [5.41, 5.74) is 0.937. The van der Waals surface area contributed by atoms with E-state index < -0.39 is 10.0 Å². The predicted octanol–water partition coefficient (Wildman–Crippen LogP) is 4.37. The van der Waals surface area contributed by atoms with Crippen molar-refractivity contribution in [3.63, 3.8) is 0 Å². The molecule has 1 amide bonds. The van der Waals surface area contributed by atoms with Gasteiger partial charge in [0.05, 0.1) is 16.1 Å². The maximum Gasteiger partial charge on any atom is 0.261 e. The zero-order valence-corrected chi connectivity index (χ0v) is 16.0. The molecule has 3 aromatic rings. The lowest BCUT2D eigenvalue weighted by atomic mass is 10.1. The second-order valence-corrected chi connectivity index (χ2v) is 8.62. The number of sulfonamides is 1. The first-order valence-electron chi connectivity index (χ1n) is 7.02. The Morgan fingerprint density at radius 1 is 1.08 bits per heavy atom. The van der Waals surface area contributed by atoms with Gasteiger partial charge in [0.1, 0.15) is 0 Å². The molecule has 0 radical (unpaired) electrons. The molecule has 1 heterocycles. The second kappa shape index (κ2) is 6.84. The summed E-state index contributed by atoms with van der Waals surface area (Å²) in [6, 6.07) is 9.09. The maximum absolute atomic E-state index is 12.5. The first-order chi connectivity index (χ1) is 11.8. The Bertz CT molecular complexity index is 1060. The van der Waals surface area contributed by atoms with E-state index in [2.05, 4.69) is 10.0 Å².